The van der Waals surface area contributed by atoms with E-state index in [-0.39, 0.29) is 12.5 Å². The number of aromatic amines is 1. The van der Waals surface area contributed by atoms with Crippen LogP contribution in [0.15, 0.2) is 48.8 Å². The van der Waals surface area contributed by atoms with Gasteiger partial charge in [0, 0.05) is 35.9 Å². The topological polar surface area (TPSA) is 151 Å². The third kappa shape index (κ3) is 9.12. The Morgan fingerprint density at radius 2 is 2.03 bits per heavy atom. The Kier molecular flexibility index (Phi) is 12.8. The molecule has 6 N–H and O–H groups in total. The third-order valence-corrected chi connectivity index (χ3v) is 4.64. The SMILES string of the molecule is CC(N)C(=O)N1CCC(F)C1.CN.CO[NH+]=O.Cc1c[nH]c2ccc(Oc3ccccn3)cc12. The number of nitrogens with zero attached hydrogens (tertiary/aromatic N) is 2. The summed E-state index contributed by atoms with van der Waals surface area (Å²) in [4.78, 5) is 32.5. The van der Waals surface area contributed by atoms with Crippen molar-refractivity contribution in [2.75, 3.05) is 27.2 Å². The fourth-order valence-corrected chi connectivity index (χ4v) is 3.04. The van der Waals surface area contributed by atoms with Crippen molar-refractivity contribution in [3.63, 3.8) is 0 Å². The lowest BCUT2D eigenvalue weighted by atomic mass is 10.2. The Bertz CT molecular complexity index is 1000. The fraction of sp³-hybridized carbons (Fsp3) is 0.391. The molecule has 1 saturated heterocycles. The number of carbonyl (C=O) groups excluding carboxylic acids is 1. The Morgan fingerprint density at radius 1 is 1.32 bits per heavy atom. The van der Waals surface area contributed by atoms with Crippen molar-refractivity contribution in [1.29, 1.82) is 0 Å². The summed E-state index contributed by atoms with van der Waals surface area (Å²) in [5, 5.41) is 2.36. The van der Waals surface area contributed by atoms with E-state index in [1.807, 2.05) is 42.6 Å². The second-order valence-corrected chi connectivity index (χ2v) is 7.20. The van der Waals surface area contributed by atoms with E-state index in [1.54, 1.807) is 13.1 Å². The zero-order valence-corrected chi connectivity index (χ0v) is 20.0. The number of fused-ring (bicyclic) bond motifs is 1. The first-order chi connectivity index (χ1) is 16.3. The molecule has 1 aliphatic rings. The van der Waals surface area contributed by atoms with E-state index in [2.05, 4.69) is 27.5 Å². The van der Waals surface area contributed by atoms with Crippen LogP contribution in [0.5, 0.6) is 11.6 Å². The number of pyridine rings is 1. The van der Waals surface area contributed by atoms with Gasteiger partial charge in [-0.2, -0.15) is 0 Å². The van der Waals surface area contributed by atoms with Gasteiger partial charge in [0.25, 0.3) is 0 Å². The van der Waals surface area contributed by atoms with Crippen LogP contribution in [0.1, 0.15) is 18.9 Å². The number of aromatic nitrogens is 2. The molecule has 34 heavy (non-hydrogen) atoms. The van der Waals surface area contributed by atoms with Gasteiger partial charge in [-0.25, -0.2) is 14.2 Å². The van der Waals surface area contributed by atoms with Gasteiger partial charge in [-0.3, -0.25) is 4.79 Å². The van der Waals surface area contributed by atoms with Gasteiger partial charge in [-0.05, 0) is 57.1 Å². The summed E-state index contributed by atoms with van der Waals surface area (Å²) >= 11 is 0. The molecule has 0 bridgehead atoms. The molecule has 1 amide bonds. The van der Waals surface area contributed by atoms with E-state index in [1.165, 1.54) is 35.3 Å². The van der Waals surface area contributed by atoms with Crippen molar-refractivity contribution in [2.24, 2.45) is 11.5 Å². The van der Waals surface area contributed by atoms with Gasteiger partial charge in [0.2, 0.25) is 17.1 Å². The highest BCUT2D eigenvalue weighted by Crippen LogP contribution is 2.25. The minimum Gasteiger partial charge on any atom is -0.439 e. The number of amides is 1. The summed E-state index contributed by atoms with van der Waals surface area (Å²) < 4.78 is 18.2. The number of halogens is 1. The third-order valence-electron chi connectivity index (χ3n) is 4.64. The molecule has 11 heteroatoms. The molecule has 2 unspecified atom stereocenters. The average Bonchev–Trinajstić information content (AvgIpc) is 3.46. The van der Waals surface area contributed by atoms with Crippen molar-refractivity contribution in [1.82, 2.24) is 14.9 Å². The number of nitrogens with one attached hydrogen (secondary N) is 2. The number of rotatable bonds is 4. The van der Waals surface area contributed by atoms with Crippen LogP contribution in [0, 0.1) is 11.8 Å². The number of ether oxygens (including phenoxy) is 1. The molecule has 3 aromatic rings. The van der Waals surface area contributed by atoms with Crippen molar-refractivity contribution in [3.05, 3.63) is 59.3 Å². The lowest BCUT2D eigenvalue weighted by molar-refractivity contribution is -0.761. The van der Waals surface area contributed by atoms with E-state index in [0.717, 1.165) is 11.3 Å². The number of hydrogen-bond acceptors (Lipinski definition) is 7. The molecule has 3 heterocycles. The molecule has 186 valence electrons. The molecule has 1 fully saturated rings. The Balaban J connectivity index is 0.000000294. The largest absolute Gasteiger partial charge is 0.439 e. The van der Waals surface area contributed by atoms with Crippen molar-refractivity contribution >= 4 is 16.8 Å². The summed E-state index contributed by atoms with van der Waals surface area (Å²) in [5.41, 5.74) is 12.2. The number of likely N-dealkylation sites (tertiary alicyclic amines) is 1. The molecule has 2 atom stereocenters. The Labute approximate surface area is 198 Å². The van der Waals surface area contributed by atoms with Crippen LogP contribution in [-0.4, -0.2) is 60.2 Å². The first-order valence-electron chi connectivity index (χ1n) is 10.7. The maximum Gasteiger partial charge on any atom is 0.239 e. The van der Waals surface area contributed by atoms with E-state index in [4.69, 9.17) is 15.4 Å². The molecule has 10 nitrogen and oxygen atoms in total. The number of H-pyrrole nitrogens is 1. The summed E-state index contributed by atoms with van der Waals surface area (Å²) in [7, 11) is 2.76. The predicted octanol–water partition coefficient (Wildman–Crippen LogP) is 1.54. The number of aryl methyl sites for hydroxylation is 1. The van der Waals surface area contributed by atoms with E-state index in [0.29, 0.717) is 18.8 Å². The van der Waals surface area contributed by atoms with Crippen LogP contribution < -0.4 is 21.5 Å². The zero-order valence-electron chi connectivity index (χ0n) is 20.0. The molecule has 4 rings (SSSR count). The number of alkyl halides is 1. The van der Waals surface area contributed by atoms with Crippen molar-refractivity contribution in [2.45, 2.75) is 32.5 Å². The highest BCUT2D eigenvalue weighted by molar-refractivity contribution is 5.84. The van der Waals surface area contributed by atoms with Crippen molar-refractivity contribution in [3.8, 4) is 11.6 Å². The minimum absolute atomic E-state index is 0.148. The van der Waals surface area contributed by atoms with Crippen molar-refractivity contribution < 1.29 is 24.1 Å². The van der Waals surface area contributed by atoms with Gasteiger partial charge in [-0.15, -0.1) is 0 Å². The molecule has 0 spiro atoms. The van der Waals surface area contributed by atoms with Crippen LogP contribution in [0.4, 0.5) is 4.39 Å². The molecule has 2 aromatic heterocycles. The molecule has 0 radical (unpaired) electrons. The van der Waals surface area contributed by atoms with E-state index < -0.39 is 12.2 Å². The van der Waals surface area contributed by atoms with Gasteiger partial charge in [0.05, 0.1) is 17.5 Å². The molecular formula is C23H34FN6O4+. The molecule has 1 aliphatic heterocycles. The number of hydrogen-bond donors (Lipinski definition) is 4. The second kappa shape index (κ2) is 15.3. The minimum atomic E-state index is -0.849. The normalized spacial score (nSPS) is 14.9. The monoisotopic (exact) mass is 477 g/mol. The van der Waals surface area contributed by atoms with Crippen LogP contribution in [0.3, 0.4) is 0 Å². The summed E-state index contributed by atoms with van der Waals surface area (Å²) in [6.07, 6.45) is 3.32. The highest BCUT2D eigenvalue weighted by Gasteiger charge is 2.27. The molecule has 0 saturated carbocycles. The second-order valence-electron chi connectivity index (χ2n) is 7.20. The summed E-state index contributed by atoms with van der Waals surface area (Å²) in [6.45, 7) is 4.43. The first-order valence-corrected chi connectivity index (χ1v) is 10.7. The van der Waals surface area contributed by atoms with Crippen LogP contribution >= 0.6 is 0 Å². The smallest absolute Gasteiger partial charge is 0.239 e. The predicted molar refractivity (Wildman–Crippen MR) is 129 cm³/mol. The Morgan fingerprint density at radius 3 is 2.56 bits per heavy atom. The molecule has 1 aromatic carbocycles. The summed E-state index contributed by atoms with van der Waals surface area (Å²) in [6, 6.07) is 11.1. The van der Waals surface area contributed by atoms with Gasteiger partial charge >= 0.3 is 0 Å². The number of benzene rings is 1. The fourth-order valence-electron chi connectivity index (χ4n) is 3.04. The van der Waals surface area contributed by atoms with Crippen LogP contribution in [0.2, 0.25) is 0 Å². The number of carbonyl (C=O) groups is 1. The van der Waals surface area contributed by atoms with Crippen LogP contribution in [0.25, 0.3) is 10.9 Å². The number of nitrogens with two attached hydrogens (primary N) is 2. The maximum atomic E-state index is 12.6. The lowest BCUT2D eigenvalue weighted by Crippen LogP contribution is -2.61. The quantitative estimate of drug-likeness (QED) is 0.416. The van der Waals surface area contributed by atoms with Gasteiger partial charge in [0.15, 0.2) is 7.11 Å². The van der Waals surface area contributed by atoms with E-state index in [9.17, 15) is 9.18 Å². The summed E-state index contributed by atoms with van der Waals surface area (Å²) in [5.74, 6) is 1.27. The molecular weight excluding hydrogens is 443 g/mol. The highest BCUT2D eigenvalue weighted by atomic mass is 19.1. The van der Waals surface area contributed by atoms with E-state index >= 15 is 0 Å². The maximum absolute atomic E-state index is 12.6. The van der Waals surface area contributed by atoms with Gasteiger partial charge in [0.1, 0.15) is 11.9 Å². The van der Waals surface area contributed by atoms with Gasteiger partial charge < -0.3 is 26.1 Å². The zero-order chi connectivity index (χ0) is 25.5. The lowest BCUT2D eigenvalue weighted by Gasteiger charge is -2.16. The van der Waals surface area contributed by atoms with Gasteiger partial charge in [-0.1, -0.05) is 6.07 Å². The Hall–Kier alpha value is -3.57. The van der Waals surface area contributed by atoms with Crippen LogP contribution in [-0.2, 0) is 9.63 Å². The standard InChI is InChI=1S/C14H12N2O.C7H13FN2O.CH4NO2.CH5N/c1-10-9-16-13-6-5-11(8-12(10)13)17-14-4-2-3-7-15-14;1-5(9)7(11)10-3-2-6(8)4-10;1-4-2-3;1-2/h2-9,16H,1H3;5-6H,2-4,9H2,1H3;2H,1H3;2H2,1H3/q;;+1;. The average molecular weight is 478 g/mol. The first kappa shape index (κ1) is 28.5. The molecule has 0 aliphatic carbocycles.